The summed E-state index contributed by atoms with van der Waals surface area (Å²) in [6, 6.07) is 13.9. The van der Waals surface area contributed by atoms with Crippen molar-refractivity contribution in [3.63, 3.8) is 0 Å². The Labute approximate surface area is 204 Å². The summed E-state index contributed by atoms with van der Waals surface area (Å²) < 4.78 is 64.2. The van der Waals surface area contributed by atoms with E-state index in [2.05, 4.69) is 22.4 Å². The molecule has 4 rings (SSSR count). The number of ether oxygens (including phenoxy) is 2. The quantitative estimate of drug-likeness (QED) is 0.197. The lowest BCUT2D eigenvalue weighted by Crippen LogP contribution is -2.12. The van der Waals surface area contributed by atoms with E-state index < -0.39 is 30.1 Å². The van der Waals surface area contributed by atoms with Crippen molar-refractivity contribution in [1.82, 2.24) is 10.2 Å². The molecule has 10 heteroatoms. The van der Waals surface area contributed by atoms with Gasteiger partial charge in [0.2, 0.25) is 0 Å². The number of nitrogens with zero attached hydrogens (tertiary/aromatic N) is 1. The first-order valence-corrected chi connectivity index (χ1v) is 11.3. The van der Waals surface area contributed by atoms with Crippen molar-refractivity contribution in [2.75, 3.05) is 11.9 Å². The molecule has 0 aliphatic rings. The Kier molecular flexibility index (Phi) is 7.42. The number of aromatic amines is 1. The van der Waals surface area contributed by atoms with Crippen molar-refractivity contribution >= 4 is 22.6 Å². The number of H-pyrrole nitrogens is 1. The summed E-state index contributed by atoms with van der Waals surface area (Å²) in [5.41, 5.74) is -0.305. The van der Waals surface area contributed by atoms with E-state index in [1.165, 1.54) is 0 Å². The average Bonchev–Trinajstić information content (AvgIpc) is 3.25. The molecule has 1 heterocycles. The van der Waals surface area contributed by atoms with Crippen molar-refractivity contribution < 1.29 is 31.8 Å². The molecule has 0 atom stereocenters. The van der Waals surface area contributed by atoms with Gasteiger partial charge in [-0.05, 0) is 61.0 Å². The highest BCUT2D eigenvalue weighted by Crippen LogP contribution is 2.33. The second kappa shape index (κ2) is 10.7. The van der Waals surface area contributed by atoms with Gasteiger partial charge in [0, 0.05) is 16.5 Å². The van der Waals surface area contributed by atoms with E-state index >= 15 is 0 Å². The maximum absolute atomic E-state index is 13.3. The Hall–Kier alpha value is -4.08. The zero-order chi connectivity index (χ0) is 25.7. The smallest absolute Gasteiger partial charge is 0.416 e. The number of fused-ring (bicyclic) bond motifs is 1. The number of alkyl halides is 3. The third kappa shape index (κ3) is 5.94. The molecular formula is C26H23F4N3O3. The van der Waals surface area contributed by atoms with Crippen LogP contribution >= 0.6 is 0 Å². The van der Waals surface area contributed by atoms with Crippen LogP contribution in [-0.4, -0.2) is 22.7 Å². The van der Waals surface area contributed by atoms with Gasteiger partial charge in [-0.25, -0.2) is 4.39 Å². The molecule has 0 spiro atoms. The minimum Gasteiger partial charge on any atom is -0.494 e. The topological polar surface area (TPSA) is 76.2 Å². The van der Waals surface area contributed by atoms with E-state index in [9.17, 15) is 22.4 Å². The Balaban J connectivity index is 1.47. The lowest BCUT2D eigenvalue weighted by molar-refractivity contribution is -0.138. The van der Waals surface area contributed by atoms with Crippen LogP contribution in [0.5, 0.6) is 11.5 Å². The Bertz CT molecular complexity index is 1350. The van der Waals surface area contributed by atoms with Crippen molar-refractivity contribution in [3.8, 4) is 11.5 Å². The van der Waals surface area contributed by atoms with Crippen molar-refractivity contribution in [1.29, 1.82) is 0 Å². The van der Waals surface area contributed by atoms with Crippen LogP contribution in [0.4, 0.5) is 23.4 Å². The van der Waals surface area contributed by atoms with Crippen LogP contribution in [0, 0.1) is 5.82 Å². The molecule has 0 radical (unpaired) electrons. The molecule has 188 valence electrons. The zero-order valence-corrected chi connectivity index (χ0v) is 19.3. The molecule has 1 amide bonds. The summed E-state index contributed by atoms with van der Waals surface area (Å²) in [5.74, 6) is -0.213. The van der Waals surface area contributed by atoms with Crippen LogP contribution in [0.15, 0.2) is 60.7 Å². The first-order chi connectivity index (χ1) is 17.2. The monoisotopic (exact) mass is 501 g/mol. The number of anilines is 1. The molecule has 4 aromatic rings. The van der Waals surface area contributed by atoms with Gasteiger partial charge < -0.3 is 14.8 Å². The van der Waals surface area contributed by atoms with E-state index in [1.54, 1.807) is 42.5 Å². The molecule has 0 bridgehead atoms. The first-order valence-electron chi connectivity index (χ1n) is 11.3. The lowest BCUT2D eigenvalue weighted by Gasteiger charge is -2.14. The summed E-state index contributed by atoms with van der Waals surface area (Å²) in [5, 5.41) is 10.1. The highest BCUT2D eigenvalue weighted by Gasteiger charge is 2.33. The molecule has 6 nitrogen and oxygen atoms in total. The fourth-order valence-corrected chi connectivity index (χ4v) is 3.49. The Morgan fingerprint density at radius 1 is 1.00 bits per heavy atom. The SMILES string of the molecule is CCCCOc1ccc(C(=O)Nc2n[nH]c3ccc(OCc4ccc(F)cc4C(F)(F)F)cc23)cc1. The number of carbonyl (C=O) groups is 1. The number of benzene rings is 3. The number of amides is 1. The standard InChI is InChI=1S/C26H23F4N3O3/c1-2-3-12-35-19-8-5-16(6-9-19)25(34)31-24-21-14-20(10-11-23(21)32-33-24)36-15-17-4-7-18(27)13-22(17)26(28,29)30/h4-11,13-14H,2-3,12,15H2,1H3,(H2,31,32,33,34). The number of halogens is 4. The number of aromatic nitrogens is 2. The number of carbonyl (C=O) groups excluding carboxylic acids is 1. The van der Waals surface area contributed by atoms with Gasteiger partial charge in [0.1, 0.15) is 23.9 Å². The number of unbranched alkanes of at least 4 members (excludes halogenated alkanes) is 1. The van der Waals surface area contributed by atoms with Crippen molar-refractivity contribution in [2.45, 2.75) is 32.5 Å². The molecule has 0 fully saturated rings. The summed E-state index contributed by atoms with van der Waals surface area (Å²) in [4.78, 5) is 12.7. The summed E-state index contributed by atoms with van der Waals surface area (Å²) in [7, 11) is 0. The van der Waals surface area contributed by atoms with Gasteiger partial charge in [-0.2, -0.15) is 18.3 Å². The summed E-state index contributed by atoms with van der Waals surface area (Å²) >= 11 is 0. The van der Waals surface area contributed by atoms with Crippen LogP contribution < -0.4 is 14.8 Å². The maximum atomic E-state index is 13.3. The molecule has 1 aromatic heterocycles. The van der Waals surface area contributed by atoms with Gasteiger partial charge in [0.15, 0.2) is 5.82 Å². The lowest BCUT2D eigenvalue weighted by atomic mass is 10.1. The van der Waals surface area contributed by atoms with Gasteiger partial charge in [-0.15, -0.1) is 0 Å². The van der Waals surface area contributed by atoms with Gasteiger partial charge >= 0.3 is 6.18 Å². The molecule has 0 unspecified atom stereocenters. The largest absolute Gasteiger partial charge is 0.494 e. The maximum Gasteiger partial charge on any atom is 0.416 e. The van der Waals surface area contributed by atoms with E-state index in [4.69, 9.17) is 9.47 Å². The van der Waals surface area contributed by atoms with Crippen molar-refractivity contribution in [3.05, 3.63) is 83.2 Å². The molecule has 0 saturated carbocycles. The van der Waals surface area contributed by atoms with Gasteiger partial charge in [-0.3, -0.25) is 9.89 Å². The van der Waals surface area contributed by atoms with Gasteiger partial charge in [0.05, 0.1) is 17.7 Å². The third-order valence-electron chi connectivity index (χ3n) is 5.42. The van der Waals surface area contributed by atoms with E-state index in [0.29, 0.717) is 34.9 Å². The van der Waals surface area contributed by atoms with Crippen LogP contribution in [0.2, 0.25) is 0 Å². The van der Waals surface area contributed by atoms with E-state index in [0.717, 1.165) is 25.0 Å². The zero-order valence-electron chi connectivity index (χ0n) is 19.3. The normalized spacial score (nSPS) is 11.5. The molecule has 36 heavy (non-hydrogen) atoms. The number of rotatable bonds is 9. The molecule has 0 saturated heterocycles. The second-order valence-electron chi connectivity index (χ2n) is 8.05. The van der Waals surface area contributed by atoms with Gasteiger partial charge in [-0.1, -0.05) is 19.4 Å². The molecule has 2 N–H and O–H groups in total. The molecule has 3 aromatic carbocycles. The summed E-state index contributed by atoms with van der Waals surface area (Å²) in [6.45, 7) is 2.25. The molecule has 0 aliphatic carbocycles. The highest BCUT2D eigenvalue weighted by molar-refractivity contribution is 6.08. The minimum absolute atomic E-state index is 0.202. The highest BCUT2D eigenvalue weighted by atomic mass is 19.4. The van der Waals surface area contributed by atoms with E-state index in [-0.39, 0.29) is 17.1 Å². The van der Waals surface area contributed by atoms with Crippen LogP contribution in [-0.2, 0) is 12.8 Å². The Morgan fingerprint density at radius 3 is 2.47 bits per heavy atom. The number of hydrogen-bond donors (Lipinski definition) is 2. The summed E-state index contributed by atoms with van der Waals surface area (Å²) in [6.07, 6.45) is -2.76. The molecular weight excluding hydrogens is 478 g/mol. The van der Waals surface area contributed by atoms with Crippen LogP contribution in [0.1, 0.15) is 41.3 Å². The molecule has 0 aliphatic heterocycles. The Morgan fingerprint density at radius 2 is 1.75 bits per heavy atom. The van der Waals surface area contributed by atoms with Crippen molar-refractivity contribution in [2.24, 2.45) is 0 Å². The minimum atomic E-state index is -4.72. The fourth-order valence-electron chi connectivity index (χ4n) is 3.49. The van der Waals surface area contributed by atoms with Crippen LogP contribution in [0.25, 0.3) is 10.9 Å². The number of hydrogen-bond acceptors (Lipinski definition) is 4. The number of nitrogens with one attached hydrogen (secondary N) is 2. The average molecular weight is 501 g/mol. The predicted octanol–water partition coefficient (Wildman–Crippen LogP) is 6.73. The van der Waals surface area contributed by atoms with Crippen LogP contribution in [0.3, 0.4) is 0 Å². The van der Waals surface area contributed by atoms with Gasteiger partial charge in [0.25, 0.3) is 5.91 Å². The van der Waals surface area contributed by atoms with E-state index in [1.807, 2.05) is 0 Å². The third-order valence-corrected chi connectivity index (χ3v) is 5.42. The predicted molar refractivity (Wildman–Crippen MR) is 127 cm³/mol. The fraction of sp³-hybridized carbons (Fsp3) is 0.231. The second-order valence-corrected chi connectivity index (χ2v) is 8.05. The first kappa shape index (κ1) is 25.0.